The fourth-order valence-electron chi connectivity index (χ4n) is 2.93. The zero-order chi connectivity index (χ0) is 21.0. The third kappa shape index (κ3) is 6.84. The van der Waals surface area contributed by atoms with Crippen molar-refractivity contribution in [1.82, 2.24) is 20.4 Å². The van der Waals surface area contributed by atoms with Gasteiger partial charge in [0.1, 0.15) is 18.1 Å². The summed E-state index contributed by atoms with van der Waals surface area (Å²) in [6.07, 6.45) is 3.76. The van der Waals surface area contributed by atoms with Gasteiger partial charge in [-0.3, -0.25) is 4.68 Å². The molecule has 0 fully saturated rings. The van der Waals surface area contributed by atoms with Gasteiger partial charge in [0.05, 0.1) is 26.7 Å². The Hall–Kier alpha value is -3.48. The topological polar surface area (TPSA) is 72.7 Å². The standard InChI is InChI=1S/C23H29N5O2/c1-3-24-23(25-13-15-30-22-10-8-21(29-2)9-11-22)26-17-19-6-4-7-20(16-19)18-28-14-5-12-27-28/h4-12,14,16H,3,13,15,17-18H2,1-2H3,(H2,24,25,26). The van der Waals surface area contributed by atoms with E-state index in [2.05, 4.69) is 51.9 Å². The van der Waals surface area contributed by atoms with Gasteiger partial charge in [-0.2, -0.15) is 5.10 Å². The Morgan fingerprint density at radius 2 is 1.83 bits per heavy atom. The van der Waals surface area contributed by atoms with Crippen LogP contribution < -0.4 is 20.1 Å². The van der Waals surface area contributed by atoms with Crippen LogP contribution in [0.3, 0.4) is 0 Å². The molecule has 0 saturated heterocycles. The number of nitrogens with zero attached hydrogens (tertiary/aromatic N) is 3. The van der Waals surface area contributed by atoms with E-state index in [1.807, 2.05) is 41.2 Å². The van der Waals surface area contributed by atoms with E-state index < -0.39 is 0 Å². The Balaban J connectivity index is 1.48. The van der Waals surface area contributed by atoms with Gasteiger partial charge in [-0.1, -0.05) is 24.3 Å². The molecule has 0 aliphatic carbocycles. The predicted octanol–water partition coefficient (Wildman–Crippen LogP) is 3.07. The first kappa shape index (κ1) is 21.2. The van der Waals surface area contributed by atoms with E-state index >= 15 is 0 Å². The summed E-state index contributed by atoms with van der Waals surface area (Å²) in [7, 11) is 1.65. The summed E-state index contributed by atoms with van der Waals surface area (Å²) in [6, 6.07) is 17.9. The van der Waals surface area contributed by atoms with Crippen LogP contribution in [-0.4, -0.2) is 42.5 Å². The molecule has 1 heterocycles. The Morgan fingerprint density at radius 3 is 2.57 bits per heavy atom. The second kappa shape index (κ2) is 11.5. The molecule has 3 aromatic rings. The van der Waals surface area contributed by atoms with E-state index in [-0.39, 0.29) is 0 Å². The van der Waals surface area contributed by atoms with Crippen LogP contribution in [0, 0.1) is 0 Å². The summed E-state index contributed by atoms with van der Waals surface area (Å²) in [5, 5.41) is 10.8. The van der Waals surface area contributed by atoms with Crippen LogP contribution in [0.15, 0.2) is 72.0 Å². The highest BCUT2D eigenvalue weighted by atomic mass is 16.5. The lowest BCUT2D eigenvalue weighted by Crippen LogP contribution is -2.39. The van der Waals surface area contributed by atoms with Crippen LogP contribution in [0.25, 0.3) is 0 Å². The van der Waals surface area contributed by atoms with E-state index in [1.165, 1.54) is 5.56 Å². The number of guanidine groups is 1. The van der Waals surface area contributed by atoms with Gasteiger partial charge in [0.15, 0.2) is 5.96 Å². The molecule has 0 aliphatic heterocycles. The van der Waals surface area contributed by atoms with Gasteiger partial charge in [0, 0.05) is 18.9 Å². The maximum absolute atomic E-state index is 5.75. The van der Waals surface area contributed by atoms with Gasteiger partial charge in [-0.05, 0) is 48.4 Å². The molecule has 2 N–H and O–H groups in total. The number of methoxy groups -OCH3 is 1. The van der Waals surface area contributed by atoms with E-state index in [9.17, 15) is 0 Å². The number of nitrogens with one attached hydrogen (secondary N) is 2. The minimum Gasteiger partial charge on any atom is -0.497 e. The van der Waals surface area contributed by atoms with Crippen molar-refractivity contribution in [2.75, 3.05) is 26.8 Å². The molecule has 0 spiro atoms. The molecular formula is C23H29N5O2. The van der Waals surface area contributed by atoms with Crippen LogP contribution in [0.1, 0.15) is 18.1 Å². The fourth-order valence-corrected chi connectivity index (χ4v) is 2.93. The molecule has 0 atom stereocenters. The highest BCUT2D eigenvalue weighted by Gasteiger charge is 2.01. The monoisotopic (exact) mass is 407 g/mol. The Kier molecular flexibility index (Phi) is 8.14. The lowest BCUT2D eigenvalue weighted by Gasteiger charge is -2.12. The van der Waals surface area contributed by atoms with Gasteiger partial charge in [-0.25, -0.2) is 4.99 Å². The van der Waals surface area contributed by atoms with Crippen LogP contribution in [0.4, 0.5) is 0 Å². The molecule has 158 valence electrons. The number of ether oxygens (including phenoxy) is 2. The molecule has 0 saturated carbocycles. The fraction of sp³-hybridized carbons (Fsp3) is 0.304. The van der Waals surface area contributed by atoms with Crippen molar-refractivity contribution in [1.29, 1.82) is 0 Å². The van der Waals surface area contributed by atoms with Crippen molar-refractivity contribution >= 4 is 5.96 Å². The van der Waals surface area contributed by atoms with Gasteiger partial charge in [0.25, 0.3) is 0 Å². The molecule has 0 amide bonds. The van der Waals surface area contributed by atoms with Crippen molar-refractivity contribution in [2.45, 2.75) is 20.0 Å². The average Bonchev–Trinajstić information content (AvgIpc) is 3.28. The minimum atomic E-state index is 0.538. The molecule has 0 unspecified atom stereocenters. The van der Waals surface area contributed by atoms with Gasteiger partial charge >= 0.3 is 0 Å². The third-order valence-electron chi connectivity index (χ3n) is 4.38. The second-order valence-corrected chi connectivity index (χ2v) is 6.67. The van der Waals surface area contributed by atoms with E-state index in [0.29, 0.717) is 19.7 Å². The van der Waals surface area contributed by atoms with Crippen molar-refractivity contribution < 1.29 is 9.47 Å². The molecular weight excluding hydrogens is 378 g/mol. The van der Waals surface area contributed by atoms with Crippen molar-refractivity contribution in [3.05, 3.63) is 78.1 Å². The summed E-state index contributed by atoms with van der Waals surface area (Å²) in [6.45, 7) is 5.39. The first-order chi connectivity index (χ1) is 14.8. The lowest BCUT2D eigenvalue weighted by molar-refractivity contribution is 0.321. The Morgan fingerprint density at radius 1 is 1.03 bits per heavy atom. The predicted molar refractivity (Wildman–Crippen MR) is 119 cm³/mol. The number of benzene rings is 2. The van der Waals surface area contributed by atoms with Crippen LogP contribution in [-0.2, 0) is 13.1 Å². The molecule has 3 rings (SSSR count). The number of hydrogen-bond acceptors (Lipinski definition) is 4. The summed E-state index contributed by atoms with van der Waals surface area (Å²) in [4.78, 5) is 4.69. The molecule has 30 heavy (non-hydrogen) atoms. The molecule has 1 aromatic heterocycles. The molecule has 0 radical (unpaired) electrons. The summed E-state index contributed by atoms with van der Waals surface area (Å²) < 4.78 is 12.8. The van der Waals surface area contributed by atoms with E-state index in [0.717, 1.165) is 36.1 Å². The van der Waals surface area contributed by atoms with Crippen molar-refractivity contribution in [2.24, 2.45) is 4.99 Å². The quantitative estimate of drug-likeness (QED) is 0.307. The average molecular weight is 408 g/mol. The van der Waals surface area contributed by atoms with Crippen LogP contribution in [0.5, 0.6) is 11.5 Å². The zero-order valence-corrected chi connectivity index (χ0v) is 17.5. The van der Waals surface area contributed by atoms with Gasteiger partial charge < -0.3 is 20.1 Å². The molecule has 0 bridgehead atoms. The zero-order valence-electron chi connectivity index (χ0n) is 17.5. The third-order valence-corrected chi connectivity index (χ3v) is 4.38. The lowest BCUT2D eigenvalue weighted by atomic mass is 10.1. The largest absolute Gasteiger partial charge is 0.497 e. The summed E-state index contributed by atoms with van der Waals surface area (Å²) in [5.41, 5.74) is 2.36. The number of hydrogen-bond donors (Lipinski definition) is 2. The van der Waals surface area contributed by atoms with Crippen molar-refractivity contribution in [3.63, 3.8) is 0 Å². The van der Waals surface area contributed by atoms with Crippen molar-refractivity contribution in [3.8, 4) is 11.5 Å². The Labute approximate surface area is 177 Å². The maximum Gasteiger partial charge on any atom is 0.191 e. The number of aliphatic imine (C=N–C) groups is 1. The minimum absolute atomic E-state index is 0.538. The summed E-state index contributed by atoms with van der Waals surface area (Å²) >= 11 is 0. The summed E-state index contributed by atoms with van der Waals surface area (Å²) in [5.74, 6) is 2.40. The maximum atomic E-state index is 5.75. The number of aromatic nitrogens is 2. The molecule has 7 heteroatoms. The first-order valence-corrected chi connectivity index (χ1v) is 10.1. The SMILES string of the molecule is CCNC(=NCc1cccc(Cn2cccn2)c1)NCCOc1ccc(OC)cc1. The second-order valence-electron chi connectivity index (χ2n) is 6.67. The van der Waals surface area contributed by atoms with E-state index in [1.54, 1.807) is 13.3 Å². The van der Waals surface area contributed by atoms with Crippen LogP contribution >= 0.6 is 0 Å². The first-order valence-electron chi connectivity index (χ1n) is 10.1. The normalized spacial score (nSPS) is 11.2. The highest BCUT2D eigenvalue weighted by Crippen LogP contribution is 2.16. The van der Waals surface area contributed by atoms with Crippen LogP contribution in [0.2, 0.25) is 0 Å². The number of rotatable bonds is 10. The smallest absolute Gasteiger partial charge is 0.191 e. The molecule has 2 aromatic carbocycles. The molecule has 7 nitrogen and oxygen atoms in total. The van der Waals surface area contributed by atoms with Gasteiger partial charge in [0.2, 0.25) is 0 Å². The Bertz CT molecular complexity index is 908. The van der Waals surface area contributed by atoms with E-state index in [4.69, 9.17) is 9.47 Å². The molecule has 0 aliphatic rings. The highest BCUT2D eigenvalue weighted by molar-refractivity contribution is 5.79. The van der Waals surface area contributed by atoms with Gasteiger partial charge in [-0.15, -0.1) is 0 Å².